The minimum atomic E-state index is -0.226. The van der Waals surface area contributed by atoms with E-state index in [1.165, 1.54) is 6.07 Å². The normalized spacial score (nSPS) is 15.4. The summed E-state index contributed by atoms with van der Waals surface area (Å²) in [5, 5.41) is 18.4. The van der Waals surface area contributed by atoms with E-state index in [0.29, 0.717) is 0 Å². The van der Waals surface area contributed by atoms with Crippen molar-refractivity contribution in [2.45, 2.75) is 18.9 Å². The number of benzene rings is 1. The number of fused-ring (bicyclic) bond motifs is 1. The highest BCUT2D eigenvalue weighted by Gasteiger charge is 2.23. The van der Waals surface area contributed by atoms with E-state index < -0.39 is 0 Å². The molecule has 0 N–H and O–H groups in total. The van der Waals surface area contributed by atoms with E-state index in [1.54, 1.807) is 23.0 Å². The number of anilines is 1. The van der Waals surface area contributed by atoms with Crippen molar-refractivity contribution in [2.75, 3.05) is 18.0 Å². The van der Waals surface area contributed by atoms with Crippen molar-refractivity contribution in [1.82, 2.24) is 29.8 Å². The lowest BCUT2D eigenvalue weighted by atomic mass is 10.0. The summed E-state index contributed by atoms with van der Waals surface area (Å²) in [6.07, 6.45) is 7.38. The first-order valence-corrected chi connectivity index (χ1v) is 9.38. The van der Waals surface area contributed by atoms with Crippen LogP contribution >= 0.6 is 0 Å². The average molecular weight is 377 g/mol. The Morgan fingerprint density at radius 1 is 1.00 bits per heavy atom. The van der Waals surface area contributed by atoms with Gasteiger partial charge < -0.3 is 4.90 Å². The molecule has 1 fully saturated rings. The molecule has 0 aliphatic carbocycles. The van der Waals surface area contributed by atoms with Crippen LogP contribution in [0.5, 0.6) is 0 Å². The van der Waals surface area contributed by atoms with Crippen molar-refractivity contribution in [3.8, 4) is 11.3 Å². The first-order valence-electron chi connectivity index (χ1n) is 9.38. The molecule has 8 heteroatoms. The van der Waals surface area contributed by atoms with Crippen molar-refractivity contribution < 1.29 is 4.39 Å². The number of hydrogen-bond acceptors (Lipinski definition) is 5. The van der Waals surface area contributed by atoms with E-state index in [-0.39, 0.29) is 11.9 Å². The third-order valence-electron chi connectivity index (χ3n) is 5.35. The molecule has 142 valence electrons. The highest BCUT2D eigenvalue weighted by Crippen LogP contribution is 2.28. The van der Waals surface area contributed by atoms with Gasteiger partial charge >= 0.3 is 0 Å². The Kier molecular flexibility index (Phi) is 4.03. The minimum absolute atomic E-state index is 0.226. The number of aryl methyl sites for hydroxylation is 1. The molecule has 0 amide bonds. The number of rotatable bonds is 3. The Hall–Kier alpha value is -3.29. The fourth-order valence-electron chi connectivity index (χ4n) is 3.84. The zero-order valence-electron chi connectivity index (χ0n) is 15.5. The van der Waals surface area contributed by atoms with E-state index in [4.69, 9.17) is 0 Å². The molecule has 7 nitrogen and oxygen atoms in total. The third-order valence-corrected chi connectivity index (χ3v) is 5.35. The SMILES string of the molecule is Cn1cc(-c2ccc(N3CCC(n4ncc5ccc(F)cc54)CC3)nn2)cn1. The van der Waals surface area contributed by atoms with Gasteiger partial charge in [0.15, 0.2) is 5.82 Å². The number of aromatic nitrogens is 6. The molecule has 3 aromatic heterocycles. The Bertz CT molecular complexity index is 1110. The van der Waals surface area contributed by atoms with Crippen LogP contribution < -0.4 is 4.90 Å². The van der Waals surface area contributed by atoms with E-state index >= 15 is 0 Å². The summed E-state index contributed by atoms with van der Waals surface area (Å²) in [6, 6.07) is 9.08. The highest BCUT2D eigenvalue weighted by atomic mass is 19.1. The van der Waals surface area contributed by atoms with Crippen molar-refractivity contribution in [3.05, 3.63) is 54.7 Å². The third kappa shape index (κ3) is 3.00. The second-order valence-electron chi connectivity index (χ2n) is 7.19. The first kappa shape index (κ1) is 16.9. The lowest BCUT2D eigenvalue weighted by Gasteiger charge is -2.32. The molecule has 5 rings (SSSR count). The van der Waals surface area contributed by atoms with Crippen LogP contribution in [0.15, 0.2) is 48.9 Å². The Morgan fingerprint density at radius 2 is 1.86 bits per heavy atom. The van der Waals surface area contributed by atoms with Gasteiger partial charge in [-0.25, -0.2) is 4.39 Å². The van der Waals surface area contributed by atoms with Gasteiger partial charge in [-0.2, -0.15) is 10.2 Å². The van der Waals surface area contributed by atoms with Gasteiger partial charge in [-0.15, -0.1) is 10.2 Å². The summed E-state index contributed by atoms with van der Waals surface area (Å²) in [4.78, 5) is 2.24. The van der Waals surface area contributed by atoms with Crippen molar-refractivity contribution in [1.29, 1.82) is 0 Å². The lowest BCUT2D eigenvalue weighted by Crippen LogP contribution is -2.35. The topological polar surface area (TPSA) is 64.7 Å². The highest BCUT2D eigenvalue weighted by molar-refractivity contribution is 5.78. The van der Waals surface area contributed by atoms with Gasteiger partial charge in [-0.05, 0) is 43.2 Å². The van der Waals surface area contributed by atoms with Crippen molar-refractivity contribution in [3.63, 3.8) is 0 Å². The maximum absolute atomic E-state index is 13.6. The molecule has 1 aliphatic heterocycles. The van der Waals surface area contributed by atoms with Gasteiger partial charge in [0.25, 0.3) is 0 Å². The summed E-state index contributed by atoms with van der Waals surface area (Å²) in [5.74, 6) is 0.651. The molecule has 0 spiro atoms. The molecule has 0 unspecified atom stereocenters. The molecule has 0 atom stereocenters. The van der Waals surface area contributed by atoms with Crippen LogP contribution in [0.1, 0.15) is 18.9 Å². The van der Waals surface area contributed by atoms with Gasteiger partial charge in [0.05, 0.1) is 29.6 Å². The molecule has 4 aromatic rings. The number of piperidine rings is 1. The maximum Gasteiger partial charge on any atom is 0.151 e. The first-order chi connectivity index (χ1) is 13.7. The van der Waals surface area contributed by atoms with E-state index in [1.807, 2.05) is 36.3 Å². The molecular weight excluding hydrogens is 357 g/mol. The molecule has 0 bridgehead atoms. The van der Waals surface area contributed by atoms with Crippen LogP contribution in [0.3, 0.4) is 0 Å². The summed E-state index contributed by atoms with van der Waals surface area (Å²) in [5.41, 5.74) is 2.63. The van der Waals surface area contributed by atoms with Gasteiger partial charge in [0, 0.05) is 37.3 Å². The van der Waals surface area contributed by atoms with Crippen LogP contribution in [0, 0.1) is 5.82 Å². The van der Waals surface area contributed by atoms with Gasteiger partial charge in [-0.1, -0.05) is 0 Å². The standard InChI is InChI=1S/C20H20FN7/c1-26-13-15(12-22-26)18-4-5-20(25-24-18)27-8-6-17(7-9-27)28-19-10-16(21)3-2-14(19)11-23-28/h2-5,10-13,17H,6-9H2,1H3. The van der Waals surface area contributed by atoms with Crippen LogP contribution in [0.2, 0.25) is 0 Å². The Labute approximate surface area is 161 Å². The molecule has 4 heterocycles. The van der Waals surface area contributed by atoms with Gasteiger partial charge in [-0.3, -0.25) is 9.36 Å². The Balaban J connectivity index is 1.29. The molecule has 1 saturated heterocycles. The summed E-state index contributed by atoms with van der Waals surface area (Å²) < 4.78 is 17.3. The zero-order chi connectivity index (χ0) is 19.1. The minimum Gasteiger partial charge on any atom is -0.355 e. The predicted octanol–water partition coefficient (Wildman–Crippen LogP) is 3.21. The summed E-state index contributed by atoms with van der Waals surface area (Å²) >= 11 is 0. The molecular formula is C20H20FN7. The fourth-order valence-corrected chi connectivity index (χ4v) is 3.84. The second kappa shape index (κ2) is 6.70. The molecule has 1 aromatic carbocycles. The monoisotopic (exact) mass is 377 g/mol. The summed E-state index contributed by atoms with van der Waals surface area (Å²) in [6.45, 7) is 1.73. The lowest BCUT2D eigenvalue weighted by molar-refractivity contribution is 0.374. The van der Waals surface area contributed by atoms with Crippen LogP contribution in [0.25, 0.3) is 22.2 Å². The Morgan fingerprint density at radius 3 is 2.57 bits per heavy atom. The molecule has 0 saturated carbocycles. The number of hydrogen-bond donors (Lipinski definition) is 0. The van der Waals surface area contributed by atoms with Crippen molar-refractivity contribution in [2.24, 2.45) is 7.05 Å². The van der Waals surface area contributed by atoms with E-state index in [2.05, 4.69) is 25.3 Å². The largest absolute Gasteiger partial charge is 0.355 e. The average Bonchev–Trinajstić information content (AvgIpc) is 3.34. The fraction of sp³-hybridized carbons (Fsp3) is 0.300. The quantitative estimate of drug-likeness (QED) is 0.549. The molecule has 0 radical (unpaired) electrons. The van der Waals surface area contributed by atoms with Gasteiger partial charge in [0.2, 0.25) is 0 Å². The molecule has 28 heavy (non-hydrogen) atoms. The molecule has 1 aliphatic rings. The van der Waals surface area contributed by atoms with E-state index in [9.17, 15) is 4.39 Å². The van der Waals surface area contributed by atoms with Crippen LogP contribution in [-0.4, -0.2) is 42.8 Å². The summed E-state index contributed by atoms with van der Waals surface area (Å²) in [7, 11) is 1.88. The smallest absolute Gasteiger partial charge is 0.151 e. The predicted molar refractivity (Wildman–Crippen MR) is 104 cm³/mol. The number of nitrogens with zero attached hydrogens (tertiary/aromatic N) is 7. The zero-order valence-corrected chi connectivity index (χ0v) is 15.5. The van der Waals surface area contributed by atoms with E-state index in [0.717, 1.165) is 53.9 Å². The van der Waals surface area contributed by atoms with Crippen molar-refractivity contribution >= 4 is 16.7 Å². The second-order valence-corrected chi connectivity index (χ2v) is 7.19. The number of halogens is 1. The van der Waals surface area contributed by atoms with Crippen LogP contribution in [0.4, 0.5) is 10.2 Å². The van der Waals surface area contributed by atoms with Gasteiger partial charge in [0.1, 0.15) is 5.82 Å². The maximum atomic E-state index is 13.6. The van der Waals surface area contributed by atoms with Crippen LogP contribution in [-0.2, 0) is 7.05 Å².